The predicted octanol–water partition coefficient (Wildman–Crippen LogP) is 3.58. The number of rotatable bonds is 5. The fraction of sp³-hybridized carbons (Fsp3) is 0.0588. The normalized spacial score (nSPS) is 10.3. The molecule has 0 spiro atoms. The van der Waals surface area contributed by atoms with Crippen molar-refractivity contribution in [3.05, 3.63) is 60.4 Å². The molecule has 23 heavy (non-hydrogen) atoms. The van der Waals surface area contributed by atoms with Gasteiger partial charge >= 0.3 is 5.97 Å². The Labute approximate surface area is 132 Å². The second-order valence-corrected chi connectivity index (χ2v) is 4.78. The molecule has 0 atom stereocenters. The number of aromatic amines is 1. The first kappa shape index (κ1) is 14.6. The number of hydrogen-bond donors (Lipinski definition) is 2. The number of H-pyrrole nitrogens is 1. The van der Waals surface area contributed by atoms with Gasteiger partial charge in [-0.2, -0.15) is 5.10 Å². The summed E-state index contributed by atoms with van der Waals surface area (Å²) in [5.74, 6) is 0.337. The second-order valence-electron chi connectivity index (χ2n) is 4.78. The minimum Gasteiger partial charge on any atom is -0.497 e. The van der Waals surface area contributed by atoms with Gasteiger partial charge in [-0.05, 0) is 29.8 Å². The van der Waals surface area contributed by atoms with Crippen LogP contribution in [0.1, 0.15) is 10.4 Å². The number of aromatic nitrogens is 2. The van der Waals surface area contributed by atoms with Crippen LogP contribution in [0.2, 0.25) is 0 Å². The first-order valence-electron chi connectivity index (χ1n) is 6.86. The lowest BCUT2D eigenvalue weighted by molar-refractivity contribution is 0.0694. The van der Waals surface area contributed by atoms with E-state index in [2.05, 4.69) is 10.2 Å². The van der Waals surface area contributed by atoms with Crippen molar-refractivity contribution in [1.29, 1.82) is 0 Å². The Hall–Kier alpha value is -3.28. The Balaban J connectivity index is 1.96. The maximum absolute atomic E-state index is 11.5. The number of hydrogen-bond acceptors (Lipinski definition) is 4. The van der Waals surface area contributed by atoms with E-state index in [1.807, 2.05) is 0 Å². The molecule has 116 valence electrons. The van der Waals surface area contributed by atoms with Crippen LogP contribution < -0.4 is 9.47 Å². The van der Waals surface area contributed by atoms with Gasteiger partial charge in [-0.25, -0.2) is 4.79 Å². The lowest BCUT2D eigenvalue weighted by atomic mass is 10.1. The molecule has 0 amide bonds. The van der Waals surface area contributed by atoms with Crippen molar-refractivity contribution in [2.45, 2.75) is 0 Å². The average molecular weight is 310 g/mol. The molecule has 6 nitrogen and oxygen atoms in total. The number of nitrogens with zero attached hydrogens (tertiary/aromatic N) is 1. The number of carboxylic acids is 1. The van der Waals surface area contributed by atoms with Gasteiger partial charge in [-0.15, -0.1) is 0 Å². The molecule has 6 heteroatoms. The van der Waals surface area contributed by atoms with Crippen molar-refractivity contribution in [2.24, 2.45) is 0 Å². The van der Waals surface area contributed by atoms with E-state index in [1.54, 1.807) is 62.0 Å². The highest BCUT2D eigenvalue weighted by molar-refractivity contribution is 5.92. The zero-order valence-electron chi connectivity index (χ0n) is 12.3. The van der Waals surface area contributed by atoms with Crippen LogP contribution in [0.5, 0.6) is 17.2 Å². The summed E-state index contributed by atoms with van der Waals surface area (Å²) in [6.45, 7) is 0. The molecule has 1 aromatic heterocycles. The van der Waals surface area contributed by atoms with Crippen molar-refractivity contribution in [3.63, 3.8) is 0 Å². The van der Waals surface area contributed by atoms with Crippen molar-refractivity contribution in [2.75, 3.05) is 7.11 Å². The summed E-state index contributed by atoms with van der Waals surface area (Å²) >= 11 is 0. The van der Waals surface area contributed by atoms with E-state index in [0.717, 1.165) is 11.1 Å². The lowest BCUT2D eigenvalue weighted by Crippen LogP contribution is -2.00. The Morgan fingerprint density at radius 3 is 2.65 bits per heavy atom. The zero-order chi connectivity index (χ0) is 16.2. The molecule has 0 radical (unpaired) electrons. The second kappa shape index (κ2) is 6.23. The van der Waals surface area contributed by atoms with Crippen molar-refractivity contribution in [3.8, 4) is 28.4 Å². The SMILES string of the molecule is COc1cccc(Oc2ccc(-c3cn[nH]c3)cc2C(=O)O)c1. The van der Waals surface area contributed by atoms with Gasteiger partial charge in [0.1, 0.15) is 22.8 Å². The molecule has 1 heterocycles. The highest BCUT2D eigenvalue weighted by Gasteiger charge is 2.14. The first-order valence-corrected chi connectivity index (χ1v) is 6.86. The van der Waals surface area contributed by atoms with E-state index in [0.29, 0.717) is 11.5 Å². The molecule has 0 saturated heterocycles. The van der Waals surface area contributed by atoms with E-state index in [4.69, 9.17) is 9.47 Å². The molecular weight excluding hydrogens is 296 g/mol. The fourth-order valence-electron chi connectivity index (χ4n) is 2.17. The smallest absolute Gasteiger partial charge is 0.339 e. The molecule has 0 saturated carbocycles. The third-order valence-corrected chi connectivity index (χ3v) is 3.31. The number of methoxy groups -OCH3 is 1. The highest BCUT2D eigenvalue weighted by Crippen LogP contribution is 2.31. The molecular formula is C17H14N2O4. The summed E-state index contributed by atoms with van der Waals surface area (Å²) in [5.41, 5.74) is 1.63. The van der Waals surface area contributed by atoms with Gasteiger partial charge in [0.15, 0.2) is 0 Å². The Morgan fingerprint density at radius 1 is 1.13 bits per heavy atom. The van der Waals surface area contributed by atoms with Crippen LogP contribution in [0.15, 0.2) is 54.9 Å². The van der Waals surface area contributed by atoms with Gasteiger partial charge in [0, 0.05) is 17.8 Å². The summed E-state index contributed by atoms with van der Waals surface area (Å²) in [6.07, 6.45) is 3.33. The molecule has 0 aliphatic rings. The van der Waals surface area contributed by atoms with Crippen molar-refractivity contribution in [1.82, 2.24) is 10.2 Å². The lowest BCUT2D eigenvalue weighted by Gasteiger charge is -2.11. The van der Waals surface area contributed by atoms with E-state index in [9.17, 15) is 9.90 Å². The van der Waals surface area contributed by atoms with Crippen LogP contribution >= 0.6 is 0 Å². The van der Waals surface area contributed by atoms with Crippen molar-refractivity contribution < 1.29 is 19.4 Å². The molecule has 3 aromatic rings. The maximum Gasteiger partial charge on any atom is 0.339 e. The molecule has 2 aromatic carbocycles. The van der Waals surface area contributed by atoms with Gasteiger partial charge < -0.3 is 14.6 Å². The monoisotopic (exact) mass is 310 g/mol. The minimum absolute atomic E-state index is 0.0755. The maximum atomic E-state index is 11.5. The van der Waals surface area contributed by atoms with E-state index in [-0.39, 0.29) is 11.3 Å². The third-order valence-electron chi connectivity index (χ3n) is 3.31. The van der Waals surface area contributed by atoms with Gasteiger partial charge in [0.2, 0.25) is 0 Å². The predicted molar refractivity (Wildman–Crippen MR) is 84.1 cm³/mol. The average Bonchev–Trinajstić information content (AvgIpc) is 3.09. The highest BCUT2D eigenvalue weighted by atomic mass is 16.5. The van der Waals surface area contributed by atoms with Gasteiger partial charge in [0.05, 0.1) is 13.3 Å². The summed E-state index contributed by atoms with van der Waals surface area (Å²) < 4.78 is 10.8. The minimum atomic E-state index is -1.06. The first-order chi connectivity index (χ1) is 11.2. The van der Waals surface area contributed by atoms with Crippen LogP contribution in [0.3, 0.4) is 0 Å². The van der Waals surface area contributed by atoms with Gasteiger partial charge in [-0.3, -0.25) is 5.10 Å². The summed E-state index contributed by atoms with van der Waals surface area (Å²) in [4.78, 5) is 11.5. The van der Waals surface area contributed by atoms with Crippen LogP contribution in [0.25, 0.3) is 11.1 Å². The number of carboxylic acid groups (broad SMARTS) is 1. The zero-order valence-corrected chi connectivity index (χ0v) is 12.3. The topological polar surface area (TPSA) is 84.4 Å². The van der Waals surface area contributed by atoms with E-state index in [1.165, 1.54) is 0 Å². The number of ether oxygens (including phenoxy) is 2. The summed E-state index contributed by atoms with van der Waals surface area (Å²) in [6, 6.07) is 12.0. The summed E-state index contributed by atoms with van der Waals surface area (Å²) in [5, 5.41) is 16.0. The number of benzene rings is 2. The fourth-order valence-corrected chi connectivity index (χ4v) is 2.17. The van der Waals surface area contributed by atoms with Crippen LogP contribution in [0.4, 0.5) is 0 Å². The molecule has 0 aliphatic carbocycles. The van der Waals surface area contributed by atoms with Crippen molar-refractivity contribution >= 4 is 5.97 Å². The van der Waals surface area contributed by atoms with Crippen LogP contribution in [-0.4, -0.2) is 28.4 Å². The van der Waals surface area contributed by atoms with Crippen LogP contribution in [0, 0.1) is 0 Å². The van der Waals surface area contributed by atoms with E-state index >= 15 is 0 Å². The van der Waals surface area contributed by atoms with E-state index < -0.39 is 5.97 Å². The molecule has 2 N–H and O–H groups in total. The quantitative estimate of drug-likeness (QED) is 0.752. The van der Waals surface area contributed by atoms with Crippen LogP contribution in [-0.2, 0) is 0 Å². The van der Waals surface area contributed by atoms with Gasteiger partial charge in [-0.1, -0.05) is 12.1 Å². The molecule has 0 aliphatic heterocycles. The van der Waals surface area contributed by atoms with Gasteiger partial charge in [0.25, 0.3) is 0 Å². The number of carbonyl (C=O) groups is 1. The molecule has 0 bridgehead atoms. The number of aromatic carboxylic acids is 1. The Bertz CT molecular complexity index is 828. The molecule has 0 unspecified atom stereocenters. The largest absolute Gasteiger partial charge is 0.497 e. The molecule has 3 rings (SSSR count). The summed E-state index contributed by atoms with van der Waals surface area (Å²) in [7, 11) is 1.56. The third kappa shape index (κ3) is 3.16. The standard InChI is InChI=1S/C17H14N2O4/c1-22-13-3-2-4-14(8-13)23-16-6-5-11(7-15(16)17(20)21)12-9-18-19-10-12/h2-10H,1H3,(H,18,19)(H,20,21). The molecule has 0 fully saturated rings. The Kier molecular flexibility index (Phi) is 3.97. The Morgan fingerprint density at radius 2 is 1.96 bits per heavy atom. The number of nitrogens with one attached hydrogen (secondary N) is 1.